The zero-order valence-electron chi connectivity index (χ0n) is 9.07. The fourth-order valence-corrected chi connectivity index (χ4v) is 1.80. The van der Waals surface area contributed by atoms with Crippen LogP contribution in [0.3, 0.4) is 0 Å². The normalized spacial score (nSPS) is 11.1. The molecule has 2 heterocycles. The van der Waals surface area contributed by atoms with Crippen LogP contribution in [0.15, 0.2) is 6.20 Å². The minimum Gasteiger partial charge on any atom is -0.257 e. The molecule has 0 amide bonds. The summed E-state index contributed by atoms with van der Waals surface area (Å²) in [6, 6.07) is 0. The molecule has 0 unspecified atom stereocenters. The Hall–Kier alpha value is -1.45. The van der Waals surface area contributed by atoms with Gasteiger partial charge >= 0.3 is 5.65 Å². The van der Waals surface area contributed by atoms with Crippen molar-refractivity contribution in [2.45, 2.75) is 27.3 Å². The molecule has 2 aromatic heterocycles. The summed E-state index contributed by atoms with van der Waals surface area (Å²) in [6.45, 7) is 7.10. The molecule has 0 saturated heterocycles. The third-order valence-corrected chi connectivity index (χ3v) is 2.67. The summed E-state index contributed by atoms with van der Waals surface area (Å²) in [4.78, 5) is 8.66. The molecule has 0 saturated carbocycles. The van der Waals surface area contributed by atoms with Crippen molar-refractivity contribution in [3.05, 3.63) is 17.8 Å². The molecule has 0 N–H and O–H groups in total. The van der Waals surface area contributed by atoms with Crippen LogP contribution >= 0.6 is 0 Å². The largest absolute Gasteiger partial charge is 0.305 e. The van der Waals surface area contributed by atoms with E-state index in [0.29, 0.717) is 0 Å². The first-order valence-corrected chi connectivity index (χ1v) is 4.83. The fraction of sp³-hybridized carbons (Fsp3) is 0.500. The quantitative estimate of drug-likeness (QED) is 0.627. The van der Waals surface area contributed by atoms with Gasteiger partial charge in [0.25, 0.3) is 0 Å². The van der Waals surface area contributed by atoms with Gasteiger partial charge in [-0.25, -0.2) is 9.55 Å². The highest BCUT2D eigenvalue weighted by atomic mass is 15.2. The van der Waals surface area contributed by atoms with Gasteiger partial charge in [0.2, 0.25) is 11.6 Å². The molecule has 0 aromatic carbocycles. The maximum absolute atomic E-state index is 4.44. The lowest BCUT2D eigenvalue weighted by molar-refractivity contribution is -0.654. The Bertz CT molecular complexity index is 484. The number of imidazole rings is 1. The zero-order valence-corrected chi connectivity index (χ0v) is 9.07. The first kappa shape index (κ1) is 9.12. The van der Waals surface area contributed by atoms with E-state index < -0.39 is 0 Å². The SMILES string of the molecule is CCn1c(C)[n+](C)c2nc(C)ncc21. The summed E-state index contributed by atoms with van der Waals surface area (Å²) in [7, 11) is 2.04. The number of rotatable bonds is 1. The van der Waals surface area contributed by atoms with Crippen molar-refractivity contribution in [1.29, 1.82) is 0 Å². The topological polar surface area (TPSA) is 34.6 Å². The molecule has 4 nitrogen and oxygen atoms in total. The summed E-state index contributed by atoms with van der Waals surface area (Å²) in [5.74, 6) is 2.03. The van der Waals surface area contributed by atoms with Crippen LogP contribution < -0.4 is 4.57 Å². The van der Waals surface area contributed by atoms with Gasteiger partial charge in [-0.05, 0) is 6.92 Å². The molecule has 2 rings (SSSR count). The van der Waals surface area contributed by atoms with Gasteiger partial charge in [-0.2, -0.15) is 0 Å². The highest BCUT2D eigenvalue weighted by Crippen LogP contribution is 2.10. The third-order valence-electron chi connectivity index (χ3n) is 2.67. The Labute approximate surface area is 83.2 Å². The van der Waals surface area contributed by atoms with Crippen molar-refractivity contribution in [3.63, 3.8) is 0 Å². The average Bonchev–Trinajstić information content (AvgIpc) is 2.41. The van der Waals surface area contributed by atoms with E-state index in [-0.39, 0.29) is 0 Å². The van der Waals surface area contributed by atoms with E-state index in [1.54, 1.807) is 0 Å². The van der Waals surface area contributed by atoms with E-state index >= 15 is 0 Å². The van der Waals surface area contributed by atoms with Gasteiger partial charge in [-0.15, -0.1) is 0 Å². The second-order valence-corrected chi connectivity index (χ2v) is 3.48. The molecule has 0 atom stereocenters. The number of aryl methyl sites for hydroxylation is 3. The molecule has 0 aliphatic heterocycles. The third kappa shape index (κ3) is 1.10. The molecule has 4 heteroatoms. The van der Waals surface area contributed by atoms with Crippen LogP contribution in [0.4, 0.5) is 0 Å². The highest BCUT2D eigenvalue weighted by Gasteiger charge is 2.18. The van der Waals surface area contributed by atoms with Crippen LogP contribution in [0.1, 0.15) is 18.6 Å². The molecule has 0 aliphatic carbocycles. The molecule has 0 radical (unpaired) electrons. The van der Waals surface area contributed by atoms with Crippen LogP contribution in [0.2, 0.25) is 0 Å². The van der Waals surface area contributed by atoms with Crippen LogP contribution in [-0.2, 0) is 13.6 Å². The second kappa shape index (κ2) is 3.04. The zero-order chi connectivity index (χ0) is 10.3. The summed E-state index contributed by atoms with van der Waals surface area (Å²) >= 11 is 0. The Morgan fingerprint density at radius 2 is 2.14 bits per heavy atom. The van der Waals surface area contributed by atoms with E-state index in [4.69, 9.17) is 0 Å². The van der Waals surface area contributed by atoms with Gasteiger partial charge < -0.3 is 0 Å². The van der Waals surface area contributed by atoms with Crippen LogP contribution in [0, 0.1) is 13.8 Å². The van der Waals surface area contributed by atoms with Crippen molar-refractivity contribution in [2.75, 3.05) is 0 Å². The van der Waals surface area contributed by atoms with E-state index in [1.807, 2.05) is 20.2 Å². The molecular weight excluding hydrogens is 176 g/mol. The minimum atomic E-state index is 0.821. The van der Waals surface area contributed by atoms with E-state index in [1.165, 1.54) is 5.82 Å². The Balaban J connectivity index is 2.88. The monoisotopic (exact) mass is 191 g/mol. The number of nitrogens with zero attached hydrogens (tertiary/aromatic N) is 4. The first-order chi connectivity index (χ1) is 6.65. The maximum atomic E-state index is 4.44. The van der Waals surface area contributed by atoms with Crippen molar-refractivity contribution < 1.29 is 4.57 Å². The summed E-state index contributed by atoms with van der Waals surface area (Å²) < 4.78 is 4.32. The van der Waals surface area contributed by atoms with Gasteiger partial charge in [-0.1, -0.05) is 4.98 Å². The molecule has 0 fully saturated rings. The maximum Gasteiger partial charge on any atom is 0.305 e. The average molecular weight is 191 g/mol. The lowest BCUT2D eigenvalue weighted by atomic mass is 10.5. The van der Waals surface area contributed by atoms with Crippen LogP contribution in [-0.4, -0.2) is 14.5 Å². The van der Waals surface area contributed by atoms with Crippen molar-refractivity contribution in [1.82, 2.24) is 14.5 Å². The van der Waals surface area contributed by atoms with Gasteiger partial charge in [-0.3, -0.25) is 4.57 Å². The number of hydrogen-bond acceptors (Lipinski definition) is 2. The predicted octanol–water partition coefficient (Wildman–Crippen LogP) is 0.893. The Kier molecular flexibility index (Phi) is 1.98. The molecule has 0 spiro atoms. The van der Waals surface area contributed by atoms with E-state index in [2.05, 4.69) is 32.9 Å². The number of fused-ring (bicyclic) bond motifs is 1. The van der Waals surface area contributed by atoms with Crippen molar-refractivity contribution in [2.24, 2.45) is 7.05 Å². The molecule has 14 heavy (non-hydrogen) atoms. The fourth-order valence-electron chi connectivity index (χ4n) is 1.80. The van der Waals surface area contributed by atoms with Crippen molar-refractivity contribution >= 4 is 11.2 Å². The predicted molar refractivity (Wildman–Crippen MR) is 53.9 cm³/mol. The van der Waals surface area contributed by atoms with Gasteiger partial charge in [0.1, 0.15) is 0 Å². The minimum absolute atomic E-state index is 0.821. The number of aromatic nitrogens is 4. The van der Waals surface area contributed by atoms with Gasteiger partial charge in [0, 0.05) is 13.8 Å². The highest BCUT2D eigenvalue weighted by molar-refractivity contribution is 5.66. The van der Waals surface area contributed by atoms with E-state index in [9.17, 15) is 0 Å². The molecule has 0 aliphatic rings. The summed E-state index contributed by atoms with van der Waals surface area (Å²) in [5.41, 5.74) is 2.12. The lowest BCUT2D eigenvalue weighted by Crippen LogP contribution is -2.31. The lowest BCUT2D eigenvalue weighted by Gasteiger charge is -1.94. The molecule has 0 bridgehead atoms. The summed E-state index contributed by atoms with van der Waals surface area (Å²) in [5, 5.41) is 0. The van der Waals surface area contributed by atoms with Crippen LogP contribution in [0.5, 0.6) is 0 Å². The Morgan fingerprint density at radius 3 is 2.79 bits per heavy atom. The van der Waals surface area contributed by atoms with Gasteiger partial charge in [0.15, 0.2) is 5.52 Å². The van der Waals surface area contributed by atoms with Gasteiger partial charge in [0.05, 0.1) is 19.8 Å². The van der Waals surface area contributed by atoms with Crippen LogP contribution in [0.25, 0.3) is 11.2 Å². The molecule has 74 valence electrons. The van der Waals surface area contributed by atoms with E-state index in [0.717, 1.165) is 23.5 Å². The second-order valence-electron chi connectivity index (χ2n) is 3.48. The number of hydrogen-bond donors (Lipinski definition) is 0. The molecule has 2 aromatic rings. The summed E-state index contributed by atoms with van der Waals surface area (Å²) in [6.07, 6.45) is 1.90. The smallest absolute Gasteiger partial charge is 0.257 e. The standard InChI is InChI=1S/C10H15N4/c1-5-14-8(3)13(4)10-9(14)6-11-7(2)12-10/h6H,5H2,1-4H3/q+1. The van der Waals surface area contributed by atoms with Crippen molar-refractivity contribution in [3.8, 4) is 0 Å². The Morgan fingerprint density at radius 1 is 1.43 bits per heavy atom. The molecular formula is C10H15N4+. The first-order valence-electron chi connectivity index (χ1n) is 4.83.